The van der Waals surface area contributed by atoms with Gasteiger partial charge in [-0.25, -0.2) is 9.78 Å². The Morgan fingerprint density at radius 3 is 2.77 bits per heavy atom. The van der Waals surface area contributed by atoms with Crippen LogP contribution in [0.5, 0.6) is 0 Å². The largest absolute Gasteiger partial charge is 0.362 e. The predicted octanol–water partition coefficient (Wildman–Crippen LogP) is 2.45. The maximum Gasteiger partial charge on any atom is 0.350 e. The number of hydrogen-bond acceptors (Lipinski definition) is 4. The predicted molar refractivity (Wildman–Crippen MR) is 87.7 cm³/mol. The summed E-state index contributed by atoms with van der Waals surface area (Å²) in [7, 11) is 3.72. The molecule has 3 rings (SSSR count). The molecule has 0 radical (unpaired) electrons. The lowest BCUT2D eigenvalue weighted by Gasteiger charge is -2.20. The highest BCUT2D eigenvalue weighted by Gasteiger charge is 2.18. The molecule has 1 atom stereocenters. The van der Waals surface area contributed by atoms with E-state index in [1.165, 1.54) is 0 Å². The molecule has 7 heteroatoms. The number of nitrogens with one attached hydrogen (secondary N) is 1. The van der Waals surface area contributed by atoms with Crippen LogP contribution in [0.25, 0.3) is 10.9 Å². The Balaban J connectivity index is 2.35. The molecule has 0 unspecified atom stereocenters. The van der Waals surface area contributed by atoms with E-state index in [0.29, 0.717) is 10.8 Å². The van der Waals surface area contributed by atoms with Crippen molar-refractivity contribution in [1.29, 1.82) is 0 Å². The van der Waals surface area contributed by atoms with Crippen LogP contribution < -0.4 is 10.6 Å². The zero-order valence-corrected chi connectivity index (χ0v) is 13.3. The van der Waals surface area contributed by atoms with Crippen LogP contribution in [-0.4, -0.2) is 33.6 Å². The summed E-state index contributed by atoms with van der Waals surface area (Å²) in [6.45, 7) is 1.92. The van der Waals surface area contributed by atoms with E-state index in [1.54, 1.807) is 29.2 Å². The first kappa shape index (κ1) is 14.6. The summed E-state index contributed by atoms with van der Waals surface area (Å²) in [5.74, 6) is 0.629. The molecule has 0 spiro atoms. The van der Waals surface area contributed by atoms with Gasteiger partial charge in [-0.3, -0.25) is 4.57 Å². The number of imidazole rings is 1. The van der Waals surface area contributed by atoms with E-state index < -0.39 is 0 Å². The van der Waals surface area contributed by atoms with Gasteiger partial charge >= 0.3 is 5.69 Å². The van der Waals surface area contributed by atoms with Crippen molar-refractivity contribution >= 4 is 28.3 Å². The van der Waals surface area contributed by atoms with Crippen LogP contribution in [-0.2, 0) is 0 Å². The second kappa shape index (κ2) is 5.46. The number of aromatic amines is 1. The Morgan fingerprint density at radius 1 is 1.36 bits per heavy atom. The minimum atomic E-state index is -0.319. The monoisotopic (exact) mass is 317 g/mol. The Labute approximate surface area is 132 Å². The maximum atomic E-state index is 12.6. The normalized spacial score (nSPS) is 12.5. The fourth-order valence-electron chi connectivity index (χ4n) is 2.55. The fraction of sp³-hybridized carbons (Fsp3) is 0.267. The highest BCUT2D eigenvalue weighted by atomic mass is 35.5. The van der Waals surface area contributed by atoms with E-state index in [-0.39, 0.29) is 11.7 Å². The number of aromatic nitrogens is 4. The summed E-state index contributed by atoms with van der Waals surface area (Å²) in [6, 6.07) is 5.25. The molecule has 0 aliphatic carbocycles. The fourth-order valence-corrected chi connectivity index (χ4v) is 2.72. The average molecular weight is 318 g/mol. The summed E-state index contributed by atoms with van der Waals surface area (Å²) in [6.07, 6.45) is 3.29. The van der Waals surface area contributed by atoms with E-state index in [2.05, 4.69) is 15.0 Å². The van der Waals surface area contributed by atoms with Gasteiger partial charge in [0.2, 0.25) is 0 Å². The van der Waals surface area contributed by atoms with Crippen LogP contribution in [0, 0.1) is 0 Å². The van der Waals surface area contributed by atoms with Gasteiger partial charge in [0.25, 0.3) is 0 Å². The van der Waals surface area contributed by atoms with E-state index in [9.17, 15) is 4.79 Å². The number of fused-ring (bicyclic) bond motifs is 1. The van der Waals surface area contributed by atoms with Gasteiger partial charge in [-0.15, -0.1) is 0 Å². The third kappa shape index (κ3) is 2.35. The molecular weight excluding hydrogens is 302 g/mol. The number of hydrogen-bond donors (Lipinski definition) is 1. The summed E-state index contributed by atoms with van der Waals surface area (Å²) in [4.78, 5) is 25.6. The maximum absolute atomic E-state index is 12.6. The number of rotatable bonds is 3. The number of halogens is 1. The molecule has 0 aliphatic rings. The average Bonchev–Trinajstić information content (AvgIpc) is 2.99. The second-order valence-electron chi connectivity index (χ2n) is 5.33. The van der Waals surface area contributed by atoms with E-state index in [4.69, 9.17) is 11.6 Å². The second-order valence-corrected chi connectivity index (χ2v) is 5.76. The van der Waals surface area contributed by atoms with Gasteiger partial charge in [-0.2, -0.15) is 4.98 Å². The minimum absolute atomic E-state index is 0.223. The lowest BCUT2D eigenvalue weighted by molar-refractivity contribution is 0.608. The van der Waals surface area contributed by atoms with Gasteiger partial charge in [-0.1, -0.05) is 11.6 Å². The van der Waals surface area contributed by atoms with Gasteiger partial charge in [0.15, 0.2) is 0 Å². The Morgan fingerprint density at radius 2 is 2.14 bits per heavy atom. The van der Waals surface area contributed by atoms with Gasteiger partial charge in [0.05, 0.1) is 29.8 Å². The van der Waals surface area contributed by atoms with Crippen molar-refractivity contribution in [3.63, 3.8) is 0 Å². The van der Waals surface area contributed by atoms with E-state index >= 15 is 0 Å². The van der Waals surface area contributed by atoms with Crippen LogP contribution in [0.15, 0.2) is 35.5 Å². The van der Waals surface area contributed by atoms with Gasteiger partial charge in [-0.05, 0) is 25.1 Å². The Kier molecular flexibility index (Phi) is 3.62. The number of anilines is 1. The molecule has 0 saturated carbocycles. The molecule has 6 nitrogen and oxygen atoms in total. The third-order valence-corrected chi connectivity index (χ3v) is 3.88. The van der Waals surface area contributed by atoms with Gasteiger partial charge in [0, 0.05) is 24.5 Å². The molecule has 1 aromatic carbocycles. The van der Waals surface area contributed by atoms with Crippen molar-refractivity contribution in [3.05, 3.63) is 51.9 Å². The first-order valence-electron chi connectivity index (χ1n) is 6.86. The number of benzene rings is 1. The summed E-state index contributed by atoms with van der Waals surface area (Å²) >= 11 is 6.13. The highest BCUT2D eigenvalue weighted by molar-refractivity contribution is 6.31. The molecule has 2 aromatic heterocycles. The van der Waals surface area contributed by atoms with Crippen molar-refractivity contribution in [2.75, 3.05) is 19.0 Å². The zero-order chi connectivity index (χ0) is 15.9. The summed E-state index contributed by atoms with van der Waals surface area (Å²) in [5, 5.41) is 1.45. The molecule has 3 aromatic rings. The van der Waals surface area contributed by atoms with Crippen LogP contribution in [0.2, 0.25) is 5.02 Å². The molecule has 22 heavy (non-hydrogen) atoms. The minimum Gasteiger partial charge on any atom is -0.362 e. The van der Waals surface area contributed by atoms with Crippen molar-refractivity contribution in [2.45, 2.75) is 13.0 Å². The highest BCUT2D eigenvalue weighted by Crippen LogP contribution is 2.27. The molecule has 1 N–H and O–H groups in total. The van der Waals surface area contributed by atoms with Crippen molar-refractivity contribution < 1.29 is 0 Å². The summed E-state index contributed by atoms with van der Waals surface area (Å²) in [5.41, 5.74) is 1.27. The first-order chi connectivity index (χ1) is 10.5. The quantitative estimate of drug-likeness (QED) is 0.805. The van der Waals surface area contributed by atoms with Gasteiger partial charge < -0.3 is 9.88 Å². The molecular formula is C15H16ClN5O. The van der Waals surface area contributed by atoms with Crippen molar-refractivity contribution in [1.82, 2.24) is 19.5 Å². The molecule has 114 valence electrons. The van der Waals surface area contributed by atoms with Crippen molar-refractivity contribution in [3.8, 4) is 0 Å². The standard InChI is InChI=1S/C15H16ClN5O/c1-9(12-7-17-8-18-12)21-13-6-10(16)4-5-11(13)14(20(2)3)19-15(21)22/h4-9H,1-3H3,(H,17,18)/t9-/m1/s1. The Bertz CT molecular complexity index is 870. The number of nitrogens with zero attached hydrogens (tertiary/aromatic N) is 4. The smallest absolute Gasteiger partial charge is 0.350 e. The zero-order valence-electron chi connectivity index (χ0n) is 12.5. The summed E-state index contributed by atoms with van der Waals surface area (Å²) < 4.78 is 1.63. The number of H-pyrrole nitrogens is 1. The van der Waals surface area contributed by atoms with Crippen LogP contribution in [0.1, 0.15) is 18.7 Å². The van der Waals surface area contributed by atoms with E-state index in [0.717, 1.165) is 16.6 Å². The van der Waals surface area contributed by atoms with Crippen LogP contribution in [0.4, 0.5) is 5.82 Å². The molecule has 0 bridgehead atoms. The van der Waals surface area contributed by atoms with Crippen LogP contribution in [0.3, 0.4) is 0 Å². The Hall–Kier alpha value is -2.34. The SMILES string of the molecule is C[C@H](c1cnc[nH]1)n1c(=O)nc(N(C)C)c2ccc(Cl)cc21. The molecule has 0 aliphatic heterocycles. The molecule has 0 amide bonds. The van der Waals surface area contributed by atoms with Crippen LogP contribution >= 0.6 is 11.6 Å². The van der Waals surface area contributed by atoms with Gasteiger partial charge in [0.1, 0.15) is 5.82 Å². The molecule has 2 heterocycles. The molecule has 0 saturated heterocycles. The third-order valence-electron chi connectivity index (χ3n) is 3.65. The lowest BCUT2D eigenvalue weighted by atomic mass is 10.2. The van der Waals surface area contributed by atoms with E-state index in [1.807, 2.05) is 32.0 Å². The first-order valence-corrected chi connectivity index (χ1v) is 7.24. The van der Waals surface area contributed by atoms with Crippen molar-refractivity contribution in [2.24, 2.45) is 0 Å². The molecule has 0 fully saturated rings. The lowest BCUT2D eigenvalue weighted by Crippen LogP contribution is -2.29. The topological polar surface area (TPSA) is 66.8 Å².